The second kappa shape index (κ2) is 8.62. The molecule has 0 heterocycles. The van der Waals surface area contributed by atoms with Crippen LogP contribution >= 0.6 is 0 Å². The van der Waals surface area contributed by atoms with E-state index in [-0.39, 0.29) is 30.3 Å². The minimum absolute atomic E-state index is 0.131. The van der Waals surface area contributed by atoms with Crippen molar-refractivity contribution in [2.75, 3.05) is 6.61 Å². The number of rotatable bonds is 7. The lowest BCUT2D eigenvalue weighted by atomic mass is 9.96. The highest BCUT2D eigenvalue weighted by atomic mass is 19.1. The molecule has 0 aromatic heterocycles. The molecule has 2 unspecified atom stereocenters. The normalized spacial score (nSPS) is 13.4. The van der Waals surface area contributed by atoms with E-state index >= 15 is 0 Å². The summed E-state index contributed by atoms with van der Waals surface area (Å²) in [6.07, 6.45) is -0.596. The van der Waals surface area contributed by atoms with Crippen molar-refractivity contribution in [3.05, 3.63) is 65.5 Å². The molecule has 0 aliphatic carbocycles. The van der Waals surface area contributed by atoms with Crippen LogP contribution < -0.4 is 10.1 Å². The van der Waals surface area contributed by atoms with Crippen LogP contribution in [0.1, 0.15) is 44.0 Å². The number of hydrogen-bond donors (Lipinski definition) is 2. The summed E-state index contributed by atoms with van der Waals surface area (Å²) in [5, 5.41) is 12.5. The summed E-state index contributed by atoms with van der Waals surface area (Å²) in [5.41, 5.74) is 1.57. The SMILES string of the molecule is CC(O)c1cccc(OCC(=O)NC(c2ccc(F)cc2)C(C)C)c1. The van der Waals surface area contributed by atoms with Crippen molar-refractivity contribution in [1.82, 2.24) is 5.32 Å². The van der Waals surface area contributed by atoms with Crippen LogP contribution in [0, 0.1) is 11.7 Å². The second-order valence-corrected chi connectivity index (χ2v) is 6.38. The van der Waals surface area contributed by atoms with Gasteiger partial charge in [0.2, 0.25) is 0 Å². The average molecular weight is 345 g/mol. The Balaban J connectivity index is 1.97. The molecule has 0 aliphatic heterocycles. The summed E-state index contributed by atoms with van der Waals surface area (Å²) in [4.78, 5) is 12.2. The number of aliphatic hydroxyl groups excluding tert-OH is 1. The first-order valence-electron chi connectivity index (χ1n) is 8.32. The molecule has 0 bridgehead atoms. The Hall–Kier alpha value is -2.40. The standard InChI is InChI=1S/C20H24FNO3/c1-13(2)20(15-7-9-17(21)10-8-15)22-19(24)12-25-18-6-4-5-16(11-18)14(3)23/h4-11,13-14,20,23H,12H2,1-3H3,(H,22,24). The van der Waals surface area contributed by atoms with Gasteiger partial charge in [-0.1, -0.05) is 38.1 Å². The molecule has 4 nitrogen and oxygen atoms in total. The van der Waals surface area contributed by atoms with Crippen molar-refractivity contribution in [3.63, 3.8) is 0 Å². The highest BCUT2D eigenvalue weighted by Crippen LogP contribution is 2.22. The average Bonchev–Trinajstić information content (AvgIpc) is 2.59. The van der Waals surface area contributed by atoms with E-state index in [4.69, 9.17) is 4.74 Å². The molecule has 2 N–H and O–H groups in total. The third kappa shape index (κ3) is 5.57. The minimum atomic E-state index is -0.596. The molecule has 2 aromatic rings. The summed E-state index contributed by atoms with van der Waals surface area (Å²) < 4.78 is 18.6. The van der Waals surface area contributed by atoms with Crippen LogP contribution in [-0.2, 0) is 4.79 Å². The Bertz CT molecular complexity index is 698. The molecule has 0 spiro atoms. The summed E-state index contributed by atoms with van der Waals surface area (Å²) >= 11 is 0. The molecule has 0 aliphatic rings. The molecule has 5 heteroatoms. The summed E-state index contributed by atoms with van der Waals surface area (Å²) in [5.74, 6) is 0.105. The van der Waals surface area contributed by atoms with Crippen LogP contribution in [0.2, 0.25) is 0 Å². The number of amides is 1. The maximum atomic E-state index is 13.1. The van der Waals surface area contributed by atoms with E-state index in [9.17, 15) is 14.3 Å². The third-order valence-corrected chi connectivity index (χ3v) is 3.92. The molecule has 134 valence electrons. The Labute approximate surface area is 147 Å². The van der Waals surface area contributed by atoms with Gasteiger partial charge in [-0.25, -0.2) is 4.39 Å². The number of halogens is 1. The topological polar surface area (TPSA) is 58.6 Å². The largest absolute Gasteiger partial charge is 0.484 e. The molecular formula is C20H24FNO3. The van der Waals surface area contributed by atoms with Crippen molar-refractivity contribution in [3.8, 4) is 5.75 Å². The molecule has 2 rings (SSSR count). The maximum Gasteiger partial charge on any atom is 0.258 e. The maximum absolute atomic E-state index is 13.1. The fourth-order valence-corrected chi connectivity index (χ4v) is 2.53. The predicted octanol–water partition coefficient (Wildman–Crippen LogP) is 3.77. The van der Waals surface area contributed by atoms with Gasteiger partial charge in [0.15, 0.2) is 6.61 Å². The number of aliphatic hydroxyl groups is 1. The Morgan fingerprint density at radius 3 is 2.40 bits per heavy atom. The van der Waals surface area contributed by atoms with E-state index in [0.29, 0.717) is 5.75 Å². The van der Waals surface area contributed by atoms with E-state index in [1.165, 1.54) is 12.1 Å². The number of benzene rings is 2. The van der Waals surface area contributed by atoms with Crippen molar-refractivity contribution in [2.24, 2.45) is 5.92 Å². The van der Waals surface area contributed by atoms with Crippen molar-refractivity contribution in [2.45, 2.75) is 32.9 Å². The van der Waals surface area contributed by atoms with E-state index in [1.54, 1.807) is 43.3 Å². The van der Waals surface area contributed by atoms with Crippen LogP contribution in [0.4, 0.5) is 4.39 Å². The van der Waals surface area contributed by atoms with Crippen LogP contribution in [0.5, 0.6) is 5.75 Å². The lowest BCUT2D eigenvalue weighted by Gasteiger charge is -2.23. The molecule has 2 atom stereocenters. The first-order valence-corrected chi connectivity index (χ1v) is 8.32. The number of carbonyl (C=O) groups is 1. The van der Waals surface area contributed by atoms with Gasteiger partial charge in [0, 0.05) is 0 Å². The Morgan fingerprint density at radius 2 is 1.80 bits per heavy atom. The third-order valence-electron chi connectivity index (χ3n) is 3.92. The van der Waals surface area contributed by atoms with Gasteiger partial charge >= 0.3 is 0 Å². The predicted molar refractivity (Wildman–Crippen MR) is 94.7 cm³/mol. The van der Waals surface area contributed by atoms with Gasteiger partial charge in [-0.15, -0.1) is 0 Å². The molecule has 0 radical (unpaired) electrons. The fraction of sp³-hybridized carbons (Fsp3) is 0.350. The van der Waals surface area contributed by atoms with Crippen molar-refractivity contribution >= 4 is 5.91 Å². The minimum Gasteiger partial charge on any atom is -0.484 e. The van der Waals surface area contributed by atoms with Gasteiger partial charge in [-0.05, 0) is 48.2 Å². The summed E-state index contributed by atoms with van der Waals surface area (Å²) in [7, 11) is 0. The van der Waals surface area contributed by atoms with Gasteiger partial charge in [-0.3, -0.25) is 4.79 Å². The second-order valence-electron chi connectivity index (χ2n) is 6.38. The van der Waals surface area contributed by atoms with Crippen LogP contribution in [-0.4, -0.2) is 17.6 Å². The first-order chi connectivity index (χ1) is 11.9. The molecule has 0 fully saturated rings. The molecule has 2 aromatic carbocycles. The number of nitrogens with one attached hydrogen (secondary N) is 1. The number of carbonyl (C=O) groups excluding carboxylic acids is 1. The van der Waals surface area contributed by atoms with Crippen molar-refractivity contribution in [1.29, 1.82) is 0 Å². The van der Waals surface area contributed by atoms with Crippen LogP contribution in [0.15, 0.2) is 48.5 Å². The lowest BCUT2D eigenvalue weighted by Crippen LogP contribution is -2.35. The van der Waals surface area contributed by atoms with E-state index in [0.717, 1.165) is 11.1 Å². The molecule has 0 saturated carbocycles. The quantitative estimate of drug-likeness (QED) is 0.803. The zero-order chi connectivity index (χ0) is 18.4. The zero-order valence-electron chi connectivity index (χ0n) is 14.7. The van der Waals surface area contributed by atoms with Crippen molar-refractivity contribution < 1.29 is 19.0 Å². The highest BCUT2D eigenvalue weighted by molar-refractivity contribution is 5.78. The van der Waals surface area contributed by atoms with E-state index in [1.807, 2.05) is 13.8 Å². The summed E-state index contributed by atoms with van der Waals surface area (Å²) in [6, 6.07) is 12.9. The zero-order valence-corrected chi connectivity index (χ0v) is 14.7. The van der Waals surface area contributed by atoms with Gasteiger partial charge in [0.05, 0.1) is 12.1 Å². The van der Waals surface area contributed by atoms with E-state index < -0.39 is 6.10 Å². The molecule has 25 heavy (non-hydrogen) atoms. The van der Waals surface area contributed by atoms with Gasteiger partial charge in [0.1, 0.15) is 11.6 Å². The smallest absolute Gasteiger partial charge is 0.258 e. The molecule has 1 amide bonds. The first kappa shape index (κ1) is 18.9. The van der Waals surface area contributed by atoms with E-state index in [2.05, 4.69) is 5.32 Å². The van der Waals surface area contributed by atoms with Gasteiger partial charge in [-0.2, -0.15) is 0 Å². The monoisotopic (exact) mass is 345 g/mol. The molecule has 0 saturated heterocycles. The Morgan fingerprint density at radius 1 is 1.12 bits per heavy atom. The highest BCUT2D eigenvalue weighted by Gasteiger charge is 2.18. The fourth-order valence-electron chi connectivity index (χ4n) is 2.53. The van der Waals surface area contributed by atoms with Crippen LogP contribution in [0.3, 0.4) is 0 Å². The number of ether oxygens (including phenoxy) is 1. The Kier molecular flexibility index (Phi) is 6.53. The molecular weight excluding hydrogens is 321 g/mol. The van der Waals surface area contributed by atoms with Gasteiger partial charge in [0.25, 0.3) is 5.91 Å². The van der Waals surface area contributed by atoms with Gasteiger partial charge < -0.3 is 15.2 Å². The summed E-state index contributed by atoms with van der Waals surface area (Å²) in [6.45, 7) is 5.51. The van der Waals surface area contributed by atoms with Crippen LogP contribution in [0.25, 0.3) is 0 Å². The number of hydrogen-bond acceptors (Lipinski definition) is 3. The lowest BCUT2D eigenvalue weighted by molar-refractivity contribution is -0.124.